The van der Waals surface area contributed by atoms with Gasteiger partial charge in [0.1, 0.15) is 11.3 Å². The van der Waals surface area contributed by atoms with E-state index in [1.807, 2.05) is 24.3 Å². The van der Waals surface area contributed by atoms with Crippen LogP contribution in [0.2, 0.25) is 0 Å². The second-order valence-corrected chi connectivity index (χ2v) is 2.12. The summed E-state index contributed by atoms with van der Waals surface area (Å²) in [6.45, 7) is 3.68. The van der Waals surface area contributed by atoms with E-state index in [4.69, 9.17) is 4.52 Å². The van der Waals surface area contributed by atoms with Gasteiger partial charge in [-0.1, -0.05) is 17.3 Å². The van der Waals surface area contributed by atoms with Gasteiger partial charge in [-0.2, -0.15) is 0 Å². The van der Waals surface area contributed by atoms with Gasteiger partial charge in [-0.05, 0) is 12.1 Å². The zero-order chi connectivity index (χ0) is 6.97. The molecule has 0 amide bonds. The summed E-state index contributed by atoms with van der Waals surface area (Å²) in [7, 11) is 0. The molecule has 1 aromatic carbocycles. The number of rotatable bonds is 0. The maximum atomic E-state index is 4.85. The van der Waals surface area contributed by atoms with Gasteiger partial charge in [0.15, 0.2) is 0 Å². The van der Waals surface area contributed by atoms with Crippen molar-refractivity contribution >= 4 is 10.9 Å². The Morgan fingerprint density at radius 1 is 1.30 bits per heavy atom. The van der Waals surface area contributed by atoms with Gasteiger partial charge in [-0.15, -0.1) is 0 Å². The maximum Gasteiger partial charge on any atom is 0.145 e. The molecule has 0 aliphatic rings. The Labute approximate surface area is 58.4 Å². The van der Waals surface area contributed by atoms with Gasteiger partial charge in [0.2, 0.25) is 0 Å². The summed E-state index contributed by atoms with van der Waals surface area (Å²) in [6, 6.07) is 7.69. The number of fused-ring (bicyclic) bond motifs is 1. The molecule has 0 N–H and O–H groups in total. The van der Waals surface area contributed by atoms with Crippen LogP contribution in [-0.4, -0.2) is 5.16 Å². The van der Waals surface area contributed by atoms with Crippen molar-refractivity contribution in [3.05, 3.63) is 36.9 Å². The largest absolute Gasteiger partial charge is 0.360 e. The third kappa shape index (κ3) is 0.620. The van der Waals surface area contributed by atoms with Crippen molar-refractivity contribution in [2.75, 3.05) is 0 Å². The highest BCUT2D eigenvalue weighted by Crippen LogP contribution is 2.15. The van der Waals surface area contributed by atoms with Crippen molar-refractivity contribution in [1.29, 1.82) is 0 Å². The third-order valence-corrected chi connectivity index (χ3v) is 1.46. The average Bonchev–Trinajstić information content (AvgIpc) is 2.34. The lowest BCUT2D eigenvalue weighted by Gasteiger charge is -1.81. The van der Waals surface area contributed by atoms with Gasteiger partial charge in [0, 0.05) is 12.3 Å². The number of hydrogen-bond donors (Lipinski definition) is 0. The van der Waals surface area contributed by atoms with E-state index in [1.54, 1.807) is 0 Å². The van der Waals surface area contributed by atoms with Crippen LogP contribution in [0.3, 0.4) is 0 Å². The number of nitrogens with zero attached hydrogens (tertiary/aromatic N) is 1. The maximum absolute atomic E-state index is 4.85. The summed E-state index contributed by atoms with van der Waals surface area (Å²) in [5, 5.41) is 4.77. The van der Waals surface area contributed by atoms with E-state index in [2.05, 4.69) is 12.1 Å². The lowest BCUT2D eigenvalue weighted by Crippen LogP contribution is -1.64. The van der Waals surface area contributed by atoms with Gasteiger partial charge in [0.25, 0.3) is 0 Å². The fourth-order valence-corrected chi connectivity index (χ4v) is 0.942. The Balaban J connectivity index is 2.93. The second kappa shape index (κ2) is 1.84. The van der Waals surface area contributed by atoms with Crippen LogP contribution < -0.4 is 0 Å². The first-order valence-electron chi connectivity index (χ1n) is 3.04. The van der Waals surface area contributed by atoms with Gasteiger partial charge >= 0.3 is 0 Å². The van der Waals surface area contributed by atoms with Crippen LogP contribution in [-0.2, 0) is 0 Å². The molecule has 2 nitrogen and oxygen atoms in total. The minimum Gasteiger partial charge on any atom is -0.360 e. The number of hydrogen-bond acceptors (Lipinski definition) is 2. The molecule has 0 fully saturated rings. The minimum absolute atomic E-state index is 0.635. The van der Waals surface area contributed by atoms with Crippen LogP contribution in [0.5, 0.6) is 0 Å². The monoisotopic (exact) mass is 132 g/mol. The van der Waals surface area contributed by atoms with Crippen LogP contribution in [0.15, 0.2) is 28.8 Å². The Kier molecular flexibility index (Phi) is 1.01. The quantitative estimate of drug-likeness (QED) is 0.548. The van der Waals surface area contributed by atoms with E-state index in [1.165, 1.54) is 0 Å². The SMILES string of the molecule is [CH2]c1onc2ccccc12. The molecule has 0 unspecified atom stereocenters. The predicted octanol–water partition coefficient (Wildman–Crippen LogP) is 2.01. The van der Waals surface area contributed by atoms with Crippen LogP contribution in [0, 0.1) is 6.92 Å². The molecule has 2 aromatic rings. The van der Waals surface area contributed by atoms with Crippen molar-refractivity contribution in [3.63, 3.8) is 0 Å². The molecular weight excluding hydrogens is 126 g/mol. The van der Waals surface area contributed by atoms with Crippen LogP contribution in [0.4, 0.5) is 0 Å². The zero-order valence-electron chi connectivity index (χ0n) is 5.37. The lowest BCUT2D eigenvalue weighted by atomic mass is 10.2. The molecule has 0 saturated carbocycles. The van der Waals surface area contributed by atoms with Crippen molar-refractivity contribution in [1.82, 2.24) is 5.16 Å². The van der Waals surface area contributed by atoms with E-state index >= 15 is 0 Å². The summed E-state index contributed by atoms with van der Waals surface area (Å²) in [6.07, 6.45) is 0. The van der Waals surface area contributed by atoms with Gasteiger partial charge < -0.3 is 4.52 Å². The molecule has 49 valence electrons. The molecule has 0 atom stereocenters. The summed E-state index contributed by atoms with van der Waals surface area (Å²) >= 11 is 0. The molecule has 2 rings (SSSR count). The summed E-state index contributed by atoms with van der Waals surface area (Å²) < 4.78 is 4.85. The van der Waals surface area contributed by atoms with Crippen LogP contribution in [0.25, 0.3) is 10.9 Å². The van der Waals surface area contributed by atoms with Crippen molar-refractivity contribution in [2.24, 2.45) is 0 Å². The molecule has 1 aromatic heterocycles. The Bertz CT molecular complexity index is 351. The molecule has 2 heteroatoms. The topological polar surface area (TPSA) is 26.0 Å². The number of benzene rings is 1. The standard InChI is InChI=1S/C8H6NO/c1-6-7-4-2-3-5-8(7)9-10-6/h2-5H,1H2. The first-order valence-corrected chi connectivity index (χ1v) is 3.04. The molecule has 10 heavy (non-hydrogen) atoms. The van der Waals surface area contributed by atoms with E-state index in [-0.39, 0.29) is 0 Å². The normalized spacial score (nSPS) is 10.5. The summed E-state index contributed by atoms with van der Waals surface area (Å²) in [5.41, 5.74) is 0.868. The highest BCUT2D eigenvalue weighted by molar-refractivity contribution is 5.80. The van der Waals surface area contributed by atoms with Gasteiger partial charge in [-0.25, -0.2) is 0 Å². The Hall–Kier alpha value is -1.31. The first-order chi connectivity index (χ1) is 4.88. The zero-order valence-corrected chi connectivity index (χ0v) is 5.37. The van der Waals surface area contributed by atoms with Crippen molar-refractivity contribution < 1.29 is 4.52 Å². The van der Waals surface area contributed by atoms with Crippen molar-refractivity contribution in [2.45, 2.75) is 0 Å². The highest BCUT2D eigenvalue weighted by Gasteiger charge is 1.99. The van der Waals surface area contributed by atoms with E-state index < -0.39 is 0 Å². The summed E-state index contributed by atoms with van der Waals surface area (Å²) in [5.74, 6) is 0.635. The molecule has 0 spiro atoms. The highest BCUT2D eigenvalue weighted by atomic mass is 16.5. The van der Waals surface area contributed by atoms with E-state index in [9.17, 15) is 0 Å². The van der Waals surface area contributed by atoms with Crippen molar-refractivity contribution in [3.8, 4) is 0 Å². The molecular formula is C8H6NO. The summed E-state index contributed by atoms with van der Waals surface area (Å²) in [4.78, 5) is 0. The fraction of sp³-hybridized carbons (Fsp3) is 0. The minimum atomic E-state index is 0.635. The molecule has 0 saturated heterocycles. The van der Waals surface area contributed by atoms with Gasteiger partial charge in [0.05, 0.1) is 0 Å². The lowest BCUT2D eigenvalue weighted by molar-refractivity contribution is 0.415. The Morgan fingerprint density at radius 3 is 2.90 bits per heavy atom. The first kappa shape index (κ1) is 5.47. The molecule has 1 heterocycles. The predicted molar refractivity (Wildman–Crippen MR) is 38.5 cm³/mol. The van der Waals surface area contributed by atoms with Crippen LogP contribution in [0.1, 0.15) is 5.76 Å². The molecule has 0 bridgehead atoms. The average molecular weight is 132 g/mol. The second-order valence-electron chi connectivity index (χ2n) is 2.12. The van der Waals surface area contributed by atoms with E-state index in [0.29, 0.717) is 5.76 Å². The van der Waals surface area contributed by atoms with E-state index in [0.717, 1.165) is 10.9 Å². The van der Waals surface area contributed by atoms with Gasteiger partial charge in [-0.3, -0.25) is 0 Å². The molecule has 1 radical (unpaired) electrons. The fourth-order valence-electron chi connectivity index (χ4n) is 0.942. The number of aromatic nitrogens is 1. The smallest absolute Gasteiger partial charge is 0.145 e. The molecule has 0 aliphatic carbocycles. The Morgan fingerprint density at radius 2 is 2.10 bits per heavy atom. The third-order valence-electron chi connectivity index (χ3n) is 1.46. The molecule has 0 aliphatic heterocycles. The van der Waals surface area contributed by atoms with Crippen LogP contribution >= 0.6 is 0 Å².